The molecule has 4 heteroatoms. The first-order valence-corrected chi connectivity index (χ1v) is 6.36. The van der Waals surface area contributed by atoms with Crippen LogP contribution in [-0.2, 0) is 5.92 Å². The first-order chi connectivity index (χ1) is 8.50. The molecule has 1 saturated heterocycles. The monoisotopic (exact) mass is 255 g/mol. The van der Waals surface area contributed by atoms with Gasteiger partial charge >= 0.3 is 0 Å². The molecule has 1 atom stereocenters. The molecule has 2 nitrogen and oxygen atoms in total. The maximum Gasteiger partial charge on any atom is 0.277 e. The van der Waals surface area contributed by atoms with Crippen LogP contribution in [0.1, 0.15) is 25.8 Å². The summed E-state index contributed by atoms with van der Waals surface area (Å²) in [6.45, 7) is 4.88. The average Bonchev–Trinajstić information content (AvgIpc) is 2.83. The van der Waals surface area contributed by atoms with Crippen molar-refractivity contribution in [2.75, 3.05) is 13.1 Å². The van der Waals surface area contributed by atoms with Crippen LogP contribution < -0.4 is 10.1 Å². The van der Waals surface area contributed by atoms with E-state index >= 15 is 0 Å². The Labute approximate surface area is 106 Å². The van der Waals surface area contributed by atoms with Crippen molar-refractivity contribution >= 4 is 0 Å². The topological polar surface area (TPSA) is 21.3 Å². The summed E-state index contributed by atoms with van der Waals surface area (Å²) in [6.07, 6.45) is 0.576. The zero-order valence-electron chi connectivity index (χ0n) is 10.7. The van der Waals surface area contributed by atoms with Crippen molar-refractivity contribution < 1.29 is 13.5 Å². The molecule has 0 aliphatic carbocycles. The SMILES string of the molecule is CC(C)Oc1ccc(C(F)(F)C2CCNC2)cc1. The van der Waals surface area contributed by atoms with Crippen LogP contribution in [0.5, 0.6) is 5.75 Å². The summed E-state index contributed by atoms with van der Waals surface area (Å²) >= 11 is 0. The first kappa shape index (κ1) is 13.3. The molecule has 0 aromatic heterocycles. The second kappa shape index (κ2) is 5.22. The zero-order valence-corrected chi connectivity index (χ0v) is 10.7. The number of rotatable bonds is 4. The molecular weight excluding hydrogens is 236 g/mol. The Bertz CT molecular complexity index is 383. The van der Waals surface area contributed by atoms with Gasteiger partial charge < -0.3 is 10.1 Å². The van der Waals surface area contributed by atoms with Gasteiger partial charge in [-0.05, 0) is 51.1 Å². The van der Waals surface area contributed by atoms with Crippen LogP contribution in [0, 0.1) is 5.92 Å². The highest BCUT2D eigenvalue weighted by molar-refractivity contribution is 5.30. The largest absolute Gasteiger partial charge is 0.491 e. The van der Waals surface area contributed by atoms with Crippen molar-refractivity contribution in [2.24, 2.45) is 5.92 Å². The van der Waals surface area contributed by atoms with Crippen molar-refractivity contribution in [2.45, 2.75) is 32.3 Å². The Hall–Kier alpha value is -1.16. The van der Waals surface area contributed by atoms with Crippen molar-refractivity contribution in [3.05, 3.63) is 29.8 Å². The number of benzene rings is 1. The third-order valence-corrected chi connectivity index (χ3v) is 3.18. The Morgan fingerprint density at radius 3 is 2.44 bits per heavy atom. The lowest BCUT2D eigenvalue weighted by molar-refractivity contribution is -0.0575. The van der Waals surface area contributed by atoms with E-state index < -0.39 is 11.8 Å². The van der Waals surface area contributed by atoms with E-state index in [1.54, 1.807) is 12.1 Å². The quantitative estimate of drug-likeness (QED) is 0.892. The molecule has 1 heterocycles. The van der Waals surface area contributed by atoms with Gasteiger partial charge in [-0.3, -0.25) is 0 Å². The maximum atomic E-state index is 14.2. The standard InChI is InChI=1S/C14H19F2NO/c1-10(2)18-13-5-3-11(4-6-13)14(15,16)12-7-8-17-9-12/h3-6,10,12,17H,7-9H2,1-2H3. The molecule has 1 fully saturated rings. The summed E-state index contributed by atoms with van der Waals surface area (Å²) in [5.74, 6) is -2.73. The maximum absolute atomic E-state index is 14.2. The molecule has 0 saturated carbocycles. The molecule has 1 N–H and O–H groups in total. The summed E-state index contributed by atoms with van der Waals surface area (Å²) in [4.78, 5) is 0. The number of hydrogen-bond donors (Lipinski definition) is 1. The number of halogens is 2. The lowest BCUT2D eigenvalue weighted by Crippen LogP contribution is -2.27. The van der Waals surface area contributed by atoms with Crippen LogP contribution in [0.2, 0.25) is 0 Å². The third-order valence-electron chi connectivity index (χ3n) is 3.18. The second-order valence-electron chi connectivity index (χ2n) is 5.00. The summed E-state index contributed by atoms with van der Waals surface area (Å²) in [5.41, 5.74) is 0.0762. The number of hydrogen-bond acceptors (Lipinski definition) is 2. The van der Waals surface area contributed by atoms with Gasteiger partial charge in [0.15, 0.2) is 0 Å². The molecule has 0 spiro atoms. The van der Waals surface area contributed by atoms with E-state index in [9.17, 15) is 8.78 Å². The van der Waals surface area contributed by atoms with Gasteiger partial charge in [0.1, 0.15) is 5.75 Å². The average molecular weight is 255 g/mol. The summed E-state index contributed by atoms with van der Waals surface area (Å²) in [6, 6.07) is 6.17. The predicted octanol–water partition coefficient (Wildman–Crippen LogP) is 3.18. The minimum Gasteiger partial charge on any atom is -0.491 e. The Kier molecular flexibility index (Phi) is 3.85. The number of alkyl halides is 2. The van der Waals surface area contributed by atoms with Gasteiger partial charge in [-0.1, -0.05) is 0 Å². The molecule has 2 rings (SSSR count). The zero-order chi connectivity index (χ0) is 13.2. The lowest BCUT2D eigenvalue weighted by atomic mass is 9.94. The molecule has 1 unspecified atom stereocenters. The molecule has 1 aliphatic rings. The van der Waals surface area contributed by atoms with E-state index in [1.165, 1.54) is 12.1 Å². The van der Waals surface area contributed by atoms with Gasteiger partial charge in [-0.15, -0.1) is 0 Å². The van der Waals surface area contributed by atoms with E-state index in [0.717, 1.165) is 0 Å². The molecular formula is C14H19F2NO. The molecule has 0 radical (unpaired) electrons. The van der Waals surface area contributed by atoms with Crippen molar-refractivity contribution in [3.63, 3.8) is 0 Å². The first-order valence-electron chi connectivity index (χ1n) is 6.36. The molecule has 1 aromatic carbocycles. The Morgan fingerprint density at radius 1 is 1.28 bits per heavy atom. The lowest BCUT2D eigenvalue weighted by Gasteiger charge is -2.23. The van der Waals surface area contributed by atoms with E-state index in [4.69, 9.17) is 4.74 Å². The highest BCUT2D eigenvalue weighted by Crippen LogP contribution is 2.39. The highest BCUT2D eigenvalue weighted by Gasteiger charge is 2.42. The van der Waals surface area contributed by atoms with E-state index in [0.29, 0.717) is 25.3 Å². The van der Waals surface area contributed by atoms with E-state index in [2.05, 4.69) is 5.32 Å². The van der Waals surface area contributed by atoms with E-state index in [-0.39, 0.29) is 11.7 Å². The minimum absolute atomic E-state index is 0.0513. The fraction of sp³-hybridized carbons (Fsp3) is 0.571. The van der Waals surface area contributed by atoms with Crippen LogP contribution in [0.25, 0.3) is 0 Å². The van der Waals surface area contributed by atoms with Gasteiger partial charge in [0.25, 0.3) is 5.92 Å². The normalized spacial score (nSPS) is 20.4. The number of ether oxygens (including phenoxy) is 1. The molecule has 0 amide bonds. The Morgan fingerprint density at radius 2 is 1.94 bits per heavy atom. The van der Waals surface area contributed by atoms with Crippen molar-refractivity contribution in [3.8, 4) is 5.75 Å². The minimum atomic E-state index is -2.76. The van der Waals surface area contributed by atoms with Gasteiger partial charge in [-0.25, -0.2) is 8.78 Å². The molecule has 1 aliphatic heterocycles. The van der Waals surface area contributed by atoms with Gasteiger partial charge in [0, 0.05) is 18.0 Å². The summed E-state index contributed by atoms with van der Waals surface area (Å²) in [7, 11) is 0. The fourth-order valence-electron chi connectivity index (χ4n) is 2.23. The summed E-state index contributed by atoms with van der Waals surface area (Å²) < 4.78 is 33.8. The Balaban J connectivity index is 2.12. The van der Waals surface area contributed by atoms with Crippen LogP contribution in [0.3, 0.4) is 0 Å². The van der Waals surface area contributed by atoms with Crippen LogP contribution in [0.15, 0.2) is 24.3 Å². The summed E-state index contributed by atoms with van der Waals surface area (Å²) in [5, 5.41) is 2.98. The fourth-order valence-corrected chi connectivity index (χ4v) is 2.23. The van der Waals surface area contributed by atoms with Gasteiger partial charge in [0.2, 0.25) is 0 Å². The smallest absolute Gasteiger partial charge is 0.277 e. The molecule has 1 aromatic rings. The van der Waals surface area contributed by atoms with Crippen LogP contribution in [-0.4, -0.2) is 19.2 Å². The number of nitrogens with one attached hydrogen (secondary N) is 1. The molecule has 100 valence electrons. The molecule has 18 heavy (non-hydrogen) atoms. The third kappa shape index (κ3) is 2.80. The van der Waals surface area contributed by atoms with Crippen molar-refractivity contribution in [1.29, 1.82) is 0 Å². The highest BCUT2D eigenvalue weighted by atomic mass is 19.3. The van der Waals surface area contributed by atoms with Crippen LogP contribution >= 0.6 is 0 Å². The van der Waals surface area contributed by atoms with Gasteiger partial charge in [0.05, 0.1) is 6.10 Å². The predicted molar refractivity (Wildman–Crippen MR) is 67.1 cm³/mol. The van der Waals surface area contributed by atoms with Crippen molar-refractivity contribution in [1.82, 2.24) is 5.32 Å². The van der Waals surface area contributed by atoms with E-state index in [1.807, 2.05) is 13.8 Å². The van der Waals surface area contributed by atoms with Gasteiger partial charge in [-0.2, -0.15) is 0 Å². The second-order valence-corrected chi connectivity index (χ2v) is 5.00. The van der Waals surface area contributed by atoms with Crippen LogP contribution in [0.4, 0.5) is 8.78 Å². The molecule has 0 bridgehead atoms.